The minimum Gasteiger partial charge on any atom is -0.493 e. The van der Waals surface area contributed by atoms with Gasteiger partial charge in [0.1, 0.15) is 17.2 Å². The fraction of sp³-hybridized carbons (Fsp3) is 0.286. The molecule has 1 aromatic carbocycles. The molecule has 0 amide bonds. The number of aromatic hydroxyl groups is 1. The summed E-state index contributed by atoms with van der Waals surface area (Å²) in [7, 11) is 0. The number of rotatable bonds is 4. The van der Waals surface area contributed by atoms with E-state index in [9.17, 15) is 14.3 Å². The quantitative estimate of drug-likeness (QED) is 0.791. The van der Waals surface area contributed by atoms with E-state index in [0.717, 1.165) is 12.8 Å². The average molecular weight is 275 g/mol. The minimum absolute atomic E-state index is 0.0142. The van der Waals surface area contributed by atoms with Crippen molar-refractivity contribution in [3.63, 3.8) is 0 Å². The van der Waals surface area contributed by atoms with Crippen LogP contribution in [0.5, 0.6) is 5.88 Å². The Hall–Kier alpha value is -2.21. The third-order valence-corrected chi connectivity index (χ3v) is 3.20. The van der Waals surface area contributed by atoms with Gasteiger partial charge in [-0.1, -0.05) is 12.1 Å². The number of nitrogens with one attached hydrogen (secondary N) is 2. The van der Waals surface area contributed by atoms with Gasteiger partial charge in [-0.25, -0.2) is 4.39 Å². The van der Waals surface area contributed by atoms with Gasteiger partial charge in [-0.3, -0.25) is 4.79 Å². The van der Waals surface area contributed by atoms with Crippen LogP contribution < -0.4 is 10.9 Å². The summed E-state index contributed by atoms with van der Waals surface area (Å²) in [5, 5.41) is 13.1. The second-order valence-electron chi connectivity index (χ2n) is 4.88. The lowest BCUT2D eigenvalue weighted by Gasteiger charge is -2.07. The molecular formula is C14H14FN3O2. The molecule has 1 aromatic heterocycles. The number of aromatic amines is 1. The standard InChI is InChI=1S/C14H14FN3O2/c15-9-3-1-2-8(6-9)12-13(19)17-11(18-14(12)20)7-16-10-4-5-10/h1-3,6,10,16H,4-5,7H2,(H2,17,18,19,20). The summed E-state index contributed by atoms with van der Waals surface area (Å²) in [4.78, 5) is 18.6. The van der Waals surface area contributed by atoms with Gasteiger partial charge < -0.3 is 15.4 Å². The zero-order valence-corrected chi connectivity index (χ0v) is 10.7. The maximum absolute atomic E-state index is 13.2. The van der Waals surface area contributed by atoms with E-state index in [4.69, 9.17) is 0 Å². The van der Waals surface area contributed by atoms with E-state index < -0.39 is 11.4 Å². The normalized spacial score (nSPS) is 14.4. The third kappa shape index (κ3) is 2.70. The second-order valence-corrected chi connectivity index (χ2v) is 4.88. The van der Waals surface area contributed by atoms with Crippen LogP contribution in [0, 0.1) is 5.82 Å². The van der Waals surface area contributed by atoms with E-state index in [0.29, 0.717) is 24.0 Å². The first kappa shape index (κ1) is 12.8. The number of benzene rings is 1. The van der Waals surface area contributed by atoms with Gasteiger partial charge in [0.25, 0.3) is 5.56 Å². The molecule has 20 heavy (non-hydrogen) atoms. The van der Waals surface area contributed by atoms with Gasteiger partial charge in [0, 0.05) is 6.04 Å². The van der Waals surface area contributed by atoms with Crippen LogP contribution in [0.25, 0.3) is 11.1 Å². The number of aromatic nitrogens is 2. The lowest BCUT2D eigenvalue weighted by Crippen LogP contribution is -2.21. The van der Waals surface area contributed by atoms with E-state index >= 15 is 0 Å². The van der Waals surface area contributed by atoms with Crippen LogP contribution in [0.1, 0.15) is 18.7 Å². The molecule has 104 valence electrons. The van der Waals surface area contributed by atoms with Gasteiger partial charge in [-0.15, -0.1) is 0 Å². The zero-order chi connectivity index (χ0) is 14.1. The van der Waals surface area contributed by atoms with Crippen LogP contribution in [0.15, 0.2) is 29.1 Å². The van der Waals surface area contributed by atoms with Crippen molar-refractivity contribution in [1.82, 2.24) is 15.3 Å². The van der Waals surface area contributed by atoms with E-state index in [1.165, 1.54) is 18.2 Å². The van der Waals surface area contributed by atoms with Crippen molar-refractivity contribution in [2.24, 2.45) is 0 Å². The lowest BCUT2D eigenvalue weighted by atomic mass is 10.1. The highest BCUT2D eigenvalue weighted by atomic mass is 19.1. The monoisotopic (exact) mass is 275 g/mol. The lowest BCUT2D eigenvalue weighted by molar-refractivity contribution is 0.448. The summed E-state index contributed by atoms with van der Waals surface area (Å²) >= 11 is 0. The molecule has 1 fully saturated rings. The smallest absolute Gasteiger partial charge is 0.262 e. The molecule has 5 nitrogen and oxygen atoms in total. The Kier molecular flexibility index (Phi) is 3.23. The van der Waals surface area contributed by atoms with Gasteiger partial charge >= 0.3 is 0 Å². The number of nitrogens with zero attached hydrogens (tertiary/aromatic N) is 1. The number of hydrogen-bond donors (Lipinski definition) is 3. The summed E-state index contributed by atoms with van der Waals surface area (Å²) in [6.45, 7) is 0.400. The van der Waals surface area contributed by atoms with Crippen molar-refractivity contribution in [3.8, 4) is 17.0 Å². The topological polar surface area (TPSA) is 78.0 Å². The summed E-state index contributed by atoms with van der Waals surface area (Å²) in [6, 6.07) is 5.97. The van der Waals surface area contributed by atoms with Crippen LogP contribution in [0.3, 0.4) is 0 Å². The Bertz CT molecular complexity index is 695. The SMILES string of the molecule is O=c1[nH]c(CNC2CC2)nc(O)c1-c1cccc(F)c1. The van der Waals surface area contributed by atoms with E-state index in [-0.39, 0.29) is 11.4 Å². The summed E-state index contributed by atoms with van der Waals surface area (Å²) in [5.41, 5.74) is -0.187. The van der Waals surface area contributed by atoms with Crippen LogP contribution in [-0.2, 0) is 6.54 Å². The van der Waals surface area contributed by atoms with Gasteiger partial charge in [0.05, 0.1) is 6.54 Å². The molecule has 0 atom stereocenters. The highest BCUT2D eigenvalue weighted by Crippen LogP contribution is 2.24. The second kappa shape index (κ2) is 5.05. The van der Waals surface area contributed by atoms with Crippen molar-refractivity contribution in [1.29, 1.82) is 0 Å². The van der Waals surface area contributed by atoms with Crippen LogP contribution in [-0.4, -0.2) is 21.1 Å². The van der Waals surface area contributed by atoms with Crippen LogP contribution >= 0.6 is 0 Å². The fourth-order valence-electron chi connectivity index (χ4n) is 2.02. The Morgan fingerprint density at radius 2 is 2.25 bits per heavy atom. The summed E-state index contributed by atoms with van der Waals surface area (Å²) < 4.78 is 13.2. The molecule has 1 aliphatic carbocycles. The molecule has 1 aliphatic rings. The maximum atomic E-state index is 13.2. The van der Waals surface area contributed by atoms with Gasteiger partial charge in [-0.05, 0) is 30.5 Å². The highest BCUT2D eigenvalue weighted by molar-refractivity contribution is 5.67. The van der Waals surface area contributed by atoms with Gasteiger partial charge in [0.15, 0.2) is 0 Å². The average Bonchev–Trinajstić information content (AvgIpc) is 3.19. The predicted octanol–water partition coefficient (Wildman–Crippen LogP) is 1.53. The summed E-state index contributed by atoms with van der Waals surface area (Å²) in [6.07, 6.45) is 2.25. The van der Waals surface area contributed by atoms with Crippen molar-refractivity contribution >= 4 is 0 Å². The molecule has 2 aromatic rings. The molecule has 0 aliphatic heterocycles. The molecule has 1 saturated carbocycles. The highest BCUT2D eigenvalue weighted by Gasteiger charge is 2.21. The number of halogens is 1. The minimum atomic E-state index is -0.476. The Morgan fingerprint density at radius 1 is 1.45 bits per heavy atom. The molecule has 0 saturated heterocycles. The van der Waals surface area contributed by atoms with Gasteiger partial charge in [0.2, 0.25) is 5.88 Å². The van der Waals surface area contributed by atoms with E-state index in [2.05, 4.69) is 15.3 Å². The first-order chi connectivity index (χ1) is 9.63. The van der Waals surface area contributed by atoms with E-state index in [1.807, 2.05) is 0 Å². The molecule has 3 rings (SSSR count). The van der Waals surface area contributed by atoms with Gasteiger partial charge in [-0.2, -0.15) is 4.98 Å². The molecular weight excluding hydrogens is 261 g/mol. The molecule has 0 unspecified atom stereocenters. The first-order valence-corrected chi connectivity index (χ1v) is 6.45. The van der Waals surface area contributed by atoms with Crippen LogP contribution in [0.2, 0.25) is 0 Å². The van der Waals surface area contributed by atoms with Crippen molar-refractivity contribution in [2.45, 2.75) is 25.4 Å². The molecule has 0 bridgehead atoms. The number of hydrogen-bond acceptors (Lipinski definition) is 4. The Labute approximate surface area is 114 Å². The molecule has 0 radical (unpaired) electrons. The van der Waals surface area contributed by atoms with Crippen LogP contribution in [0.4, 0.5) is 4.39 Å². The predicted molar refractivity (Wildman–Crippen MR) is 71.8 cm³/mol. The zero-order valence-electron chi connectivity index (χ0n) is 10.7. The fourth-order valence-corrected chi connectivity index (χ4v) is 2.02. The Morgan fingerprint density at radius 3 is 2.90 bits per heavy atom. The number of H-pyrrole nitrogens is 1. The molecule has 0 spiro atoms. The largest absolute Gasteiger partial charge is 0.493 e. The molecule has 3 N–H and O–H groups in total. The maximum Gasteiger partial charge on any atom is 0.262 e. The van der Waals surface area contributed by atoms with Crippen molar-refractivity contribution in [2.75, 3.05) is 0 Å². The van der Waals surface area contributed by atoms with Crippen molar-refractivity contribution in [3.05, 3.63) is 46.3 Å². The molecule has 1 heterocycles. The van der Waals surface area contributed by atoms with E-state index in [1.54, 1.807) is 6.07 Å². The van der Waals surface area contributed by atoms with Crippen molar-refractivity contribution < 1.29 is 9.50 Å². The summed E-state index contributed by atoms with van der Waals surface area (Å²) in [5.74, 6) is -0.479. The first-order valence-electron chi connectivity index (χ1n) is 6.45. The Balaban J connectivity index is 1.93. The molecule has 6 heteroatoms. The third-order valence-electron chi connectivity index (χ3n) is 3.20.